The Morgan fingerprint density at radius 2 is 2.11 bits per heavy atom. The van der Waals surface area contributed by atoms with Gasteiger partial charge in [-0.3, -0.25) is 0 Å². The summed E-state index contributed by atoms with van der Waals surface area (Å²) < 4.78 is 5.19. The topological polar surface area (TPSA) is 51.0 Å². The van der Waals surface area contributed by atoms with Crippen LogP contribution in [-0.2, 0) is 6.54 Å². The summed E-state index contributed by atoms with van der Waals surface area (Å²) in [5, 5.41) is 8.25. The van der Waals surface area contributed by atoms with Crippen LogP contribution >= 0.6 is 23.2 Å². The second-order valence-electron chi connectivity index (χ2n) is 4.71. The summed E-state index contributed by atoms with van der Waals surface area (Å²) in [7, 11) is 0. The predicted octanol–water partition coefficient (Wildman–Crippen LogP) is 3.54. The number of benzene rings is 1. The zero-order chi connectivity index (χ0) is 13.2. The molecule has 1 heterocycles. The Hall–Kier alpha value is -1.10. The molecular formula is C13H13Cl2N3O. The van der Waals surface area contributed by atoms with Gasteiger partial charge in [0.05, 0.1) is 16.6 Å². The number of halogens is 2. The molecule has 3 rings (SSSR count). The average Bonchev–Trinajstić information content (AvgIpc) is 3.10. The Bertz CT molecular complexity index is 581. The molecule has 0 bridgehead atoms. The molecule has 0 radical (unpaired) electrons. The van der Waals surface area contributed by atoms with Crippen LogP contribution < -0.4 is 5.32 Å². The first-order chi connectivity index (χ1) is 9.22. The van der Waals surface area contributed by atoms with Crippen molar-refractivity contribution in [1.29, 1.82) is 0 Å². The van der Waals surface area contributed by atoms with Gasteiger partial charge in [-0.2, -0.15) is 4.98 Å². The Balaban J connectivity index is 1.67. The second kappa shape index (κ2) is 5.49. The molecule has 6 heteroatoms. The van der Waals surface area contributed by atoms with E-state index in [4.69, 9.17) is 27.7 Å². The Morgan fingerprint density at radius 3 is 2.84 bits per heavy atom. The SMILES string of the molecule is Clc1ccc(-c2noc(CNCC3CC3)n2)cc1Cl. The lowest BCUT2D eigenvalue weighted by molar-refractivity contribution is 0.367. The maximum absolute atomic E-state index is 5.97. The quantitative estimate of drug-likeness (QED) is 0.917. The van der Waals surface area contributed by atoms with Gasteiger partial charge >= 0.3 is 0 Å². The Labute approximate surface area is 121 Å². The first-order valence-electron chi connectivity index (χ1n) is 6.21. The summed E-state index contributed by atoms with van der Waals surface area (Å²) in [5.74, 6) is 1.95. The summed E-state index contributed by atoms with van der Waals surface area (Å²) in [6.07, 6.45) is 2.65. The van der Waals surface area contributed by atoms with Crippen molar-refractivity contribution in [2.24, 2.45) is 5.92 Å². The minimum Gasteiger partial charge on any atom is -0.338 e. The van der Waals surface area contributed by atoms with Crippen LogP contribution in [0.5, 0.6) is 0 Å². The first kappa shape index (κ1) is 12.9. The van der Waals surface area contributed by atoms with Crippen LogP contribution in [0.2, 0.25) is 10.0 Å². The van der Waals surface area contributed by atoms with E-state index in [9.17, 15) is 0 Å². The fourth-order valence-corrected chi connectivity index (χ4v) is 2.08. The van der Waals surface area contributed by atoms with Crippen LogP contribution in [0.25, 0.3) is 11.4 Å². The summed E-state index contributed by atoms with van der Waals surface area (Å²) >= 11 is 11.8. The smallest absolute Gasteiger partial charge is 0.240 e. The number of nitrogens with zero attached hydrogens (tertiary/aromatic N) is 2. The van der Waals surface area contributed by atoms with Gasteiger partial charge in [-0.15, -0.1) is 0 Å². The summed E-state index contributed by atoms with van der Waals surface area (Å²) in [4.78, 5) is 4.33. The number of rotatable bonds is 5. The Kier molecular flexibility index (Phi) is 3.73. The van der Waals surface area contributed by atoms with Crippen molar-refractivity contribution in [1.82, 2.24) is 15.5 Å². The van der Waals surface area contributed by atoms with Crippen LogP contribution in [0.1, 0.15) is 18.7 Å². The lowest BCUT2D eigenvalue weighted by Crippen LogP contribution is -2.16. The van der Waals surface area contributed by atoms with Crippen LogP contribution in [0, 0.1) is 5.92 Å². The molecule has 0 amide bonds. The molecule has 1 aliphatic rings. The zero-order valence-corrected chi connectivity index (χ0v) is 11.7. The molecule has 1 N–H and O–H groups in total. The lowest BCUT2D eigenvalue weighted by Gasteiger charge is -1.98. The minimum atomic E-state index is 0.484. The highest BCUT2D eigenvalue weighted by Gasteiger charge is 2.20. The van der Waals surface area contributed by atoms with E-state index in [2.05, 4.69) is 15.5 Å². The fourth-order valence-electron chi connectivity index (χ4n) is 1.78. The van der Waals surface area contributed by atoms with E-state index < -0.39 is 0 Å². The monoisotopic (exact) mass is 297 g/mol. The number of nitrogens with one attached hydrogen (secondary N) is 1. The van der Waals surface area contributed by atoms with Gasteiger partial charge in [-0.1, -0.05) is 28.4 Å². The van der Waals surface area contributed by atoms with Crippen LogP contribution in [0.4, 0.5) is 0 Å². The molecule has 19 heavy (non-hydrogen) atoms. The van der Waals surface area contributed by atoms with Crippen molar-refractivity contribution in [2.75, 3.05) is 6.54 Å². The van der Waals surface area contributed by atoms with E-state index in [0.717, 1.165) is 18.0 Å². The maximum Gasteiger partial charge on any atom is 0.240 e. The molecule has 1 aromatic heterocycles. The van der Waals surface area contributed by atoms with Gasteiger partial charge < -0.3 is 9.84 Å². The van der Waals surface area contributed by atoms with Crippen molar-refractivity contribution in [2.45, 2.75) is 19.4 Å². The van der Waals surface area contributed by atoms with E-state index in [1.54, 1.807) is 12.1 Å². The van der Waals surface area contributed by atoms with Gasteiger partial charge in [0, 0.05) is 5.56 Å². The van der Waals surface area contributed by atoms with Crippen LogP contribution in [0.3, 0.4) is 0 Å². The summed E-state index contributed by atoms with van der Waals surface area (Å²) in [5.41, 5.74) is 0.798. The molecule has 100 valence electrons. The molecule has 1 aromatic carbocycles. The van der Waals surface area contributed by atoms with Gasteiger partial charge in [0.15, 0.2) is 0 Å². The first-order valence-corrected chi connectivity index (χ1v) is 6.96. The van der Waals surface area contributed by atoms with Gasteiger partial charge in [0.1, 0.15) is 0 Å². The minimum absolute atomic E-state index is 0.484. The Morgan fingerprint density at radius 1 is 1.26 bits per heavy atom. The van der Waals surface area contributed by atoms with Gasteiger partial charge in [0.25, 0.3) is 0 Å². The van der Waals surface area contributed by atoms with E-state index in [-0.39, 0.29) is 0 Å². The van der Waals surface area contributed by atoms with E-state index >= 15 is 0 Å². The van der Waals surface area contributed by atoms with E-state index in [1.165, 1.54) is 12.8 Å². The third-order valence-electron chi connectivity index (χ3n) is 3.05. The molecule has 1 saturated carbocycles. The fraction of sp³-hybridized carbons (Fsp3) is 0.385. The summed E-state index contributed by atoms with van der Waals surface area (Å²) in [6.45, 7) is 1.62. The summed E-state index contributed by atoms with van der Waals surface area (Å²) in [6, 6.07) is 5.28. The number of hydrogen-bond acceptors (Lipinski definition) is 4. The molecule has 2 aromatic rings. The molecule has 0 aliphatic heterocycles. The molecule has 0 spiro atoms. The van der Waals surface area contributed by atoms with Crippen LogP contribution in [-0.4, -0.2) is 16.7 Å². The maximum atomic E-state index is 5.97. The normalized spacial score (nSPS) is 14.8. The zero-order valence-electron chi connectivity index (χ0n) is 10.2. The average molecular weight is 298 g/mol. The molecule has 4 nitrogen and oxygen atoms in total. The molecule has 0 atom stereocenters. The van der Waals surface area contributed by atoms with Gasteiger partial charge in [-0.25, -0.2) is 0 Å². The highest BCUT2D eigenvalue weighted by atomic mass is 35.5. The van der Waals surface area contributed by atoms with Crippen molar-refractivity contribution in [3.8, 4) is 11.4 Å². The molecule has 1 fully saturated rings. The molecular weight excluding hydrogens is 285 g/mol. The molecule has 1 aliphatic carbocycles. The largest absolute Gasteiger partial charge is 0.338 e. The lowest BCUT2D eigenvalue weighted by atomic mass is 10.2. The van der Waals surface area contributed by atoms with Crippen molar-refractivity contribution < 1.29 is 4.52 Å². The third-order valence-corrected chi connectivity index (χ3v) is 3.79. The van der Waals surface area contributed by atoms with Crippen molar-refractivity contribution >= 4 is 23.2 Å². The molecule has 0 unspecified atom stereocenters. The standard InChI is InChI=1S/C13H13Cl2N3O/c14-10-4-3-9(5-11(10)15)13-17-12(19-18-13)7-16-6-8-1-2-8/h3-5,8,16H,1-2,6-7H2. The predicted molar refractivity (Wildman–Crippen MR) is 74.2 cm³/mol. The van der Waals surface area contributed by atoms with E-state index in [1.807, 2.05) is 6.07 Å². The van der Waals surface area contributed by atoms with Crippen LogP contribution in [0.15, 0.2) is 22.7 Å². The van der Waals surface area contributed by atoms with Crippen molar-refractivity contribution in [3.63, 3.8) is 0 Å². The highest BCUT2D eigenvalue weighted by Crippen LogP contribution is 2.28. The highest BCUT2D eigenvalue weighted by molar-refractivity contribution is 6.42. The van der Waals surface area contributed by atoms with Crippen molar-refractivity contribution in [3.05, 3.63) is 34.1 Å². The van der Waals surface area contributed by atoms with Gasteiger partial charge in [0.2, 0.25) is 11.7 Å². The second-order valence-corrected chi connectivity index (χ2v) is 5.53. The van der Waals surface area contributed by atoms with Gasteiger partial charge in [-0.05, 0) is 43.5 Å². The molecule has 0 saturated heterocycles. The van der Waals surface area contributed by atoms with E-state index in [0.29, 0.717) is 28.3 Å². The number of hydrogen-bond donors (Lipinski definition) is 1. The number of aromatic nitrogens is 2. The third kappa shape index (κ3) is 3.26.